The molecule has 0 radical (unpaired) electrons. The SMILES string of the molecule is NNc1ccc([N+](=O)[O-])c(Nc2ccc(F)c(Cl)c2)n1. The van der Waals surface area contributed by atoms with Crippen molar-refractivity contribution >= 4 is 34.6 Å². The highest BCUT2D eigenvalue weighted by atomic mass is 35.5. The molecule has 2 aromatic rings. The number of nitrogen functional groups attached to an aromatic ring is 1. The molecule has 4 N–H and O–H groups in total. The van der Waals surface area contributed by atoms with Crippen LogP contribution in [0.2, 0.25) is 5.02 Å². The Morgan fingerprint density at radius 3 is 2.70 bits per heavy atom. The van der Waals surface area contributed by atoms with Gasteiger partial charge in [0.25, 0.3) is 0 Å². The molecule has 0 aliphatic carbocycles. The predicted molar refractivity (Wildman–Crippen MR) is 73.4 cm³/mol. The third-order valence-corrected chi connectivity index (χ3v) is 2.69. The van der Waals surface area contributed by atoms with E-state index in [1.54, 1.807) is 0 Å². The monoisotopic (exact) mass is 297 g/mol. The predicted octanol–water partition coefficient (Wildman–Crippen LogP) is 2.81. The number of hydrazine groups is 1. The summed E-state index contributed by atoms with van der Waals surface area (Å²) in [6.45, 7) is 0. The van der Waals surface area contributed by atoms with Crippen molar-refractivity contribution in [3.05, 3.63) is 51.3 Å². The number of benzene rings is 1. The number of aromatic nitrogens is 1. The molecule has 1 aromatic carbocycles. The minimum Gasteiger partial charge on any atom is -0.334 e. The van der Waals surface area contributed by atoms with E-state index in [0.29, 0.717) is 5.69 Å². The molecule has 1 aromatic heterocycles. The lowest BCUT2D eigenvalue weighted by Gasteiger charge is -2.08. The zero-order valence-corrected chi connectivity index (χ0v) is 10.7. The van der Waals surface area contributed by atoms with Crippen LogP contribution in [0.4, 0.5) is 27.4 Å². The second-order valence-electron chi connectivity index (χ2n) is 3.72. The van der Waals surface area contributed by atoms with Gasteiger partial charge in [0.05, 0.1) is 9.95 Å². The molecule has 0 aliphatic rings. The second kappa shape index (κ2) is 5.68. The first-order valence-electron chi connectivity index (χ1n) is 5.35. The first kappa shape index (κ1) is 14.0. The van der Waals surface area contributed by atoms with Gasteiger partial charge in [-0.3, -0.25) is 10.1 Å². The smallest absolute Gasteiger partial charge is 0.311 e. The standard InChI is InChI=1S/C11H9ClFN5O2/c12-7-5-6(1-2-8(7)13)15-11-9(18(19)20)3-4-10(16-11)17-14/h1-5H,14H2,(H2,15,16,17). The Balaban J connectivity index is 2.40. The normalized spacial score (nSPS) is 10.2. The van der Waals surface area contributed by atoms with Gasteiger partial charge >= 0.3 is 5.69 Å². The molecule has 0 fully saturated rings. The zero-order valence-electron chi connectivity index (χ0n) is 9.93. The van der Waals surface area contributed by atoms with Gasteiger partial charge in [0.1, 0.15) is 11.6 Å². The Labute approximate surface area is 117 Å². The molecule has 0 saturated carbocycles. The highest BCUT2D eigenvalue weighted by Crippen LogP contribution is 2.28. The zero-order chi connectivity index (χ0) is 14.7. The van der Waals surface area contributed by atoms with Crippen molar-refractivity contribution in [1.82, 2.24) is 4.98 Å². The van der Waals surface area contributed by atoms with E-state index in [0.717, 1.165) is 6.07 Å². The largest absolute Gasteiger partial charge is 0.334 e. The average molecular weight is 298 g/mol. The van der Waals surface area contributed by atoms with Gasteiger partial charge in [-0.05, 0) is 24.3 Å². The molecule has 0 amide bonds. The van der Waals surface area contributed by atoms with E-state index >= 15 is 0 Å². The first-order chi connectivity index (χ1) is 9.51. The fourth-order valence-corrected chi connectivity index (χ4v) is 1.66. The Morgan fingerprint density at radius 1 is 1.35 bits per heavy atom. The molecular formula is C11H9ClFN5O2. The summed E-state index contributed by atoms with van der Waals surface area (Å²) in [6, 6.07) is 6.43. The lowest BCUT2D eigenvalue weighted by atomic mass is 10.3. The van der Waals surface area contributed by atoms with E-state index in [4.69, 9.17) is 17.4 Å². The molecule has 104 valence electrons. The van der Waals surface area contributed by atoms with Crippen LogP contribution >= 0.6 is 11.6 Å². The number of rotatable bonds is 4. The topological polar surface area (TPSA) is 106 Å². The number of hydrogen-bond donors (Lipinski definition) is 3. The number of pyridine rings is 1. The maximum Gasteiger partial charge on any atom is 0.311 e. The van der Waals surface area contributed by atoms with Gasteiger partial charge in [0, 0.05) is 11.8 Å². The molecule has 0 unspecified atom stereocenters. The molecular weight excluding hydrogens is 289 g/mol. The molecule has 0 spiro atoms. The van der Waals surface area contributed by atoms with Crippen LogP contribution in [0.15, 0.2) is 30.3 Å². The average Bonchev–Trinajstić information content (AvgIpc) is 2.42. The molecule has 0 atom stereocenters. The third kappa shape index (κ3) is 2.92. The molecule has 9 heteroatoms. The van der Waals surface area contributed by atoms with Gasteiger partial charge in [-0.25, -0.2) is 15.2 Å². The summed E-state index contributed by atoms with van der Waals surface area (Å²) in [5.41, 5.74) is 2.40. The van der Waals surface area contributed by atoms with E-state index in [9.17, 15) is 14.5 Å². The maximum atomic E-state index is 13.1. The van der Waals surface area contributed by atoms with Gasteiger partial charge in [-0.1, -0.05) is 11.6 Å². The summed E-state index contributed by atoms with van der Waals surface area (Å²) >= 11 is 5.64. The fourth-order valence-electron chi connectivity index (χ4n) is 1.48. The molecule has 7 nitrogen and oxygen atoms in total. The quantitative estimate of drug-likeness (QED) is 0.455. The molecule has 0 aliphatic heterocycles. The highest BCUT2D eigenvalue weighted by molar-refractivity contribution is 6.31. The van der Waals surface area contributed by atoms with Gasteiger partial charge in [-0.15, -0.1) is 0 Å². The van der Waals surface area contributed by atoms with Crippen LogP contribution in [0.1, 0.15) is 0 Å². The van der Waals surface area contributed by atoms with Crippen LogP contribution < -0.4 is 16.6 Å². The third-order valence-electron chi connectivity index (χ3n) is 2.40. The van der Waals surface area contributed by atoms with E-state index in [1.165, 1.54) is 24.3 Å². The Morgan fingerprint density at radius 2 is 2.10 bits per heavy atom. The summed E-state index contributed by atoms with van der Waals surface area (Å²) in [7, 11) is 0. The Kier molecular flexibility index (Phi) is 3.97. The molecule has 1 heterocycles. The summed E-state index contributed by atoms with van der Waals surface area (Å²) < 4.78 is 13.1. The Bertz CT molecular complexity index is 667. The van der Waals surface area contributed by atoms with Crippen molar-refractivity contribution in [2.75, 3.05) is 10.7 Å². The van der Waals surface area contributed by atoms with Crippen molar-refractivity contribution < 1.29 is 9.31 Å². The molecule has 2 rings (SSSR count). The molecule has 0 saturated heterocycles. The van der Waals surface area contributed by atoms with Crippen molar-refractivity contribution in [2.24, 2.45) is 5.84 Å². The van der Waals surface area contributed by atoms with Crippen LogP contribution in [0.5, 0.6) is 0 Å². The molecule has 20 heavy (non-hydrogen) atoms. The number of nitrogens with one attached hydrogen (secondary N) is 2. The van der Waals surface area contributed by atoms with Crippen LogP contribution in [-0.4, -0.2) is 9.91 Å². The minimum absolute atomic E-state index is 0.0341. The van der Waals surface area contributed by atoms with E-state index in [2.05, 4.69) is 15.7 Å². The van der Waals surface area contributed by atoms with Crippen molar-refractivity contribution in [3.63, 3.8) is 0 Å². The number of hydrogen-bond acceptors (Lipinski definition) is 6. The van der Waals surface area contributed by atoms with Crippen LogP contribution in [0.25, 0.3) is 0 Å². The molecule has 0 bridgehead atoms. The lowest BCUT2D eigenvalue weighted by Crippen LogP contribution is -2.10. The number of nitro groups is 1. The number of nitrogens with zero attached hydrogens (tertiary/aromatic N) is 2. The number of anilines is 3. The van der Waals surface area contributed by atoms with Gasteiger partial charge < -0.3 is 10.7 Å². The van der Waals surface area contributed by atoms with Crippen LogP contribution in [0.3, 0.4) is 0 Å². The summed E-state index contributed by atoms with van der Waals surface area (Å²) in [4.78, 5) is 14.3. The summed E-state index contributed by atoms with van der Waals surface area (Å²) in [6.07, 6.45) is 0. The van der Waals surface area contributed by atoms with Gasteiger partial charge in [0.15, 0.2) is 0 Å². The lowest BCUT2D eigenvalue weighted by molar-refractivity contribution is -0.384. The van der Waals surface area contributed by atoms with Crippen LogP contribution in [-0.2, 0) is 0 Å². The second-order valence-corrected chi connectivity index (χ2v) is 4.13. The number of nitrogens with two attached hydrogens (primary N) is 1. The highest BCUT2D eigenvalue weighted by Gasteiger charge is 2.16. The Hall–Kier alpha value is -2.45. The van der Waals surface area contributed by atoms with Crippen molar-refractivity contribution in [2.45, 2.75) is 0 Å². The minimum atomic E-state index is -0.596. The van der Waals surface area contributed by atoms with E-state index in [-0.39, 0.29) is 22.3 Å². The van der Waals surface area contributed by atoms with Crippen molar-refractivity contribution in [3.8, 4) is 0 Å². The maximum absolute atomic E-state index is 13.1. The van der Waals surface area contributed by atoms with Crippen molar-refractivity contribution in [1.29, 1.82) is 0 Å². The summed E-state index contributed by atoms with van der Waals surface area (Å²) in [5, 5.41) is 13.5. The van der Waals surface area contributed by atoms with E-state index < -0.39 is 10.7 Å². The summed E-state index contributed by atoms with van der Waals surface area (Å²) in [5.74, 6) is 4.82. The van der Waals surface area contributed by atoms with Gasteiger partial charge in [0.2, 0.25) is 5.82 Å². The fraction of sp³-hybridized carbons (Fsp3) is 0. The van der Waals surface area contributed by atoms with E-state index in [1.807, 2.05) is 0 Å². The first-order valence-corrected chi connectivity index (χ1v) is 5.73. The van der Waals surface area contributed by atoms with Crippen LogP contribution in [0, 0.1) is 15.9 Å². The number of halogens is 2. The van der Waals surface area contributed by atoms with Gasteiger partial charge in [-0.2, -0.15) is 0 Å².